The summed E-state index contributed by atoms with van der Waals surface area (Å²) in [6.45, 7) is -0.577. The van der Waals surface area contributed by atoms with Crippen LogP contribution >= 0.6 is 34.8 Å². The number of anilines is 1. The molecule has 0 heterocycles. The van der Waals surface area contributed by atoms with Gasteiger partial charge in [-0.1, -0.05) is 71.2 Å². The summed E-state index contributed by atoms with van der Waals surface area (Å²) in [7, 11) is -2.38. The third-order valence-corrected chi connectivity index (χ3v) is 7.65. The standard InChI is InChI=1S/C26H26Cl3N3O4S/c1-30-26(34)24(14-18-6-4-3-5-7-18)31(16-19-8-9-21(28)15-23(19)29)25(33)17-32(37(2,35)36)22-12-10-20(27)11-13-22/h3-13,15,24H,14,16-17H2,1-2H3,(H,30,34). The van der Waals surface area contributed by atoms with E-state index in [1.165, 1.54) is 36.2 Å². The lowest BCUT2D eigenvalue weighted by Gasteiger charge is -2.33. The lowest BCUT2D eigenvalue weighted by atomic mass is 10.0. The fraction of sp³-hybridized carbons (Fsp3) is 0.231. The summed E-state index contributed by atoms with van der Waals surface area (Å²) in [4.78, 5) is 28.2. The number of nitrogens with one attached hydrogen (secondary N) is 1. The Bertz CT molecular complexity index is 1350. The van der Waals surface area contributed by atoms with Gasteiger partial charge in [0.1, 0.15) is 12.6 Å². The zero-order valence-electron chi connectivity index (χ0n) is 20.2. The molecule has 3 rings (SSSR count). The number of carbonyl (C=O) groups is 2. The molecule has 7 nitrogen and oxygen atoms in total. The van der Waals surface area contributed by atoms with E-state index in [1.807, 2.05) is 30.3 Å². The second-order valence-electron chi connectivity index (χ2n) is 8.32. The van der Waals surface area contributed by atoms with E-state index >= 15 is 0 Å². The predicted molar refractivity (Wildman–Crippen MR) is 149 cm³/mol. The van der Waals surface area contributed by atoms with E-state index in [1.54, 1.807) is 18.2 Å². The molecule has 0 fully saturated rings. The van der Waals surface area contributed by atoms with Gasteiger partial charge in [-0.3, -0.25) is 13.9 Å². The zero-order chi connectivity index (χ0) is 27.2. The van der Waals surface area contributed by atoms with Gasteiger partial charge in [-0.05, 0) is 47.5 Å². The molecule has 3 aromatic carbocycles. The van der Waals surface area contributed by atoms with Crippen molar-refractivity contribution in [3.63, 3.8) is 0 Å². The summed E-state index contributed by atoms with van der Waals surface area (Å²) in [6, 6.07) is 19.2. The average molecular weight is 583 g/mol. The lowest BCUT2D eigenvalue weighted by Crippen LogP contribution is -2.52. The molecule has 0 saturated heterocycles. The van der Waals surface area contributed by atoms with Crippen molar-refractivity contribution < 1.29 is 18.0 Å². The van der Waals surface area contributed by atoms with E-state index in [0.29, 0.717) is 20.6 Å². The van der Waals surface area contributed by atoms with E-state index in [2.05, 4.69) is 5.32 Å². The number of hydrogen-bond acceptors (Lipinski definition) is 4. The first-order valence-electron chi connectivity index (χ1n) is 11.2. The normalized spacial score (nSPS) is 12.0. The minimum atomic E-state index is -3.86. The van der Waals surface area contributed by atoms with Gasteiger partial charge in [-0.15, -0.1) is 0 Å². The molecular formula is C26H26Cl3N3O4S. The van der Waals surface area contributed by atoms with Crippen LogP contribution in [0, 0.1) is 0 Å². The van der Waals surface area contributed by atoms with Crippen LogP contribution in [0.4, 0.5) is 5.69 Å². The van der Waals surface area contributed by atoms with Crippen molar-refractivity contribution in [3.05, 3.63) is 99.0 Å². The van der Waals surface area contributed by atoms with E-state index in [4.69, 9.17) is 34.8 Å². The summed E-state index contributed by atoms with van der Waals surface area (Å²) in [5, 5.41) is 3.78. The second-order valence-corrected chi connectivity index (χ2v) is 11.5. The SMILES string of the molecule is CNC(=O)C(Cc1ccccc1)N(Cc1ccc(Cl)cc1Cl)C(=O)CN(c1ccc(Cl)cc1)S(C)(=O)=O. The molecule has 1 atom stereocenters. The van der Waals surface area contributed by atoms with Gasteiger partial charge in [-0.25, -0.2) is 8.42 Å². The fourth-order valence-corrected chi connectivity index (χ4v) is 5.22. The number of halogens is 3. The van der Waals surface area contributed by atoms with Crippen LogP contribution < -0.4 is 9.62 Å². The minimum absolute atomic E-state index is 0.0437. The Hall–Kier alpha value is -2.78. The van der Waals surface area contributed by atoms with E-state index < -0.39 is 34.4 Å². The summed E-state index contributed by atoms with van der Waals surface area (Å²) in [5.74, 6) is -0.990. The molecule has 2 amide bonds. The highest BCUT2D eigenvalue weighted by molar-refractivity contribution is 7.92. The van der Waals surface area contributed by atoms with Gasteiger partial charge in [-0.2, -0.15) is 0 Å². The average Bonchev–Trinajstić information content (AvgIpc) is 2.86. The number of benzene rings is 3. The van der Waals surface area contributed by atoms with Crippen molar-refractivity contribution in [1.29, 1.82) is 0 Å². The van der Waals surface area contributed by atoms with Crippen LogP contribution in [-0.2, 0) is 32.6 Å². The molecule has 0 aliphatic carbocycles. The summed E-state index contributed by atoms with van der Waals surface area (Å²) in [5.41, 5.74) is 1.65. The van der Waals surface area contributed by atoms with E-state index in [0.717, 1.165) is 16.1 Å². The zero-order valence-corrected chi connectivity index (χ0v) is 23.3. The highest BCUT2D eigenvalue weighted by Crippen LogP contribution is 2.25. The Kier molecular flexibility index (Phi) is 9.84. The molecule has 0 aliphatic heterocycles. The predicted octanol–water partition coefficient (Wildman–Crippen LogP) is 4.80. The van der Waals surface area contributed by atoms with Gasteiger partial charge in [0.15, 0.2) is 0 Å². The first-order valence-corrected chi connectivity index (χ1v) is 14.2. The lowest BCUT2D eigenvalue weighted by molar-refractivity contribution is -0.139. The molecule has 0 bridgehead atoms. The maximum Gasteiger partial charge on any atom is 0.244 e. The number of carbonyl (C=O) groups excluding carboxylic acids is 2. The van der Waals surface area contributed by atoms with Crippen molar-refractivity contribution in [2.24, 2.45) is 0 Å². The first kappa shape index (κ1) is 28.8. The Morgan fingerprint density at radius 3 is 2.11 bits per heavy atom. The maximum atomic E-state index is 13.8. The topological polar surface area (TPSA) is 86.8 Å². The van der Waals surface area contributed by atoms with Gasteiger partial charge in [0.25, 0.3) is 0 Å². The van der Waals surface area contributed by atoms with Gasteiger partial charge < -0.3 is 10.2 Å². The monoisotopic (exact) mass is 581 g/mol. The van der Waals surface area contributed by atoms with E-state index in [9.17, 15) is 18.0 Å². The largest absolute Gasteiger partial charge is 0.357 e. The highest BCUT2D eigenvalue weighted by atomic mass is 35.5. The van der Waals surface area contributed by atoms with Gasteiger partial charge in [0, 0.05) is 35.1 Å². The van der Waals surface area contributed by atoms with Crippen LogP contribution in [0.5, 0.6) is 0 Å². The molecule has 0 saturated carbocycles. The Morgan fingerprint density at radius 2 is 1.54 bits per heavy atom. The molecule has 0 spiro atoms. The molecule has 1 N–H and O–H groups in total. The van der Waals surface area contributed by atoms with Crippen LogP contribution in [0.15, 0.2) is 72.8 Å². The Morgan fingerprint density at radius 1 is 0.919 bits per heavy atom. The number of hydrogen-bond donors (Lipinski definition) is 1. The molecule has 0 aromatic heterocycles. The van der Waals surface area contributed by atoms with Crippen LogP contribution in [0.25, 0.3) is 0 Å². The number of nitrogens with zero attached hydrogens (tertiary/aromatic N) is 2. The smallest absolute Gasteiger partial charge is 0.244 e. The summed E-state index contributed by atoms with van der Waals surface area (Å²) >= 11 is 18.4. The molecular weight excluding hydrogens is 557 g/mol. The summed E-state index contributed by atoms with van der Waals surface area (Å²) < 4.78 is 26.3. The van der Waals surface area contributed by atoms with E-state index in [-0.39, 0.29) is 18.7 Å². The molecule has 196 valence electrons. The highest BCUT2D eigenvalue weighted by Gasteiger charge is 2.33. The molecule has 0 aliphatic rings. The molecule has 0 radical (unpaired) electrons. The molecule has 37 heavy (non-hydrogen) atoms. The van der Waals surface area contributed by atoms with Gasteiger partial charge in [0.05, 0.1) is 11.9 Å². The second kappa shape index (κ2) is 12.6. The third kappa shape index (κ3) is 7.85. The Balaban J connectivity index is 2.04. The summed E-state index contributed by atoms with van der Waals surface area (Å²) in [6.07, 6.45) is 1.22. The number of rotatable bonds is 10. The van der Waals surface area contributed by atoms with Crippen LogP contribution in [0.3, 0.4) is 0 Å². The van der Waals surface area contributed by atoms with Crippen molar-refractivity contribution in [1.82, 2.24) is 10.2 Å². The van der Waals surface area contributed by atoms with Crippen molar-refractivity contribution in [3.8, 4) is 0 Å². The number of amides is 2. The Labute approximate surface area is 232 Å². The third-order valence-electron chi connectivity index (χ3n) is 5.67. The molecule has 3 aromatic rings. The first-order chi connectivity index (χ1) is 17.5. The minimum Gasteiger partial charge on any atom is -0.357 e. The quantitative estimate of drug-likeness (QED) is 0.372. The van der Waals surface area contributed by atoms with Crippen molar-refractivity contribution in [2.75, 3.05) is 24.2 Å². The van der Waals surface area contributed by atoms with Crippen molar-refractivity contribution >= 4 is 62.3 Å². The fourth-order valence-electron chi connectivity index (χ4n) is 3.78. The van der Waals surface area contributed by atoms with Crippen LogP contribution in [-0.4, -0.2) is 51.0 Å². The van der Waals surface area contributed by atoms with Gasteiger partial charge >= 0.3 is 0 Å². The van der Waals surface area contributed by atoms with Crippen molar-refractivity contribution in [2.45, 2.75) is 19.0 Å². The van der Waals surface area contributed by atoms with Gasteiger partial charge in [0.2, 0.25) is 21.8 Å². The maximum absolute atomic E-state index is 13.8. The van der Waals surface area contributed by atoms with Crippen LogP contribution in [0.2, 0.25) is 15.1 Å². The number of likely N-dealkylation sites (N-methyl/N-ethyl adjacent to an activating group) is 1. The number of sulfonamides is 1. The van der Waals surface area contributed by atoms with Crippen LogP contribution in [0.1, 0.15) is 11.1 Å². The molecule has 1 unspecified atom stereocenters. The molecule has 11 heteroatoms.